The second kappa shape index (κ2) is 6.88. The molecule has 0 aliphatic carbocycles. The first kappa shape index (κ1) is 16.4. The van der Waals surface area contributed by atoms with Gasteiger partial charge in [-0.2, -0.15) is 0 Å². The number of benzene rings is 2. The summed E-state index contributed by atoms with van der Waals surface area (Å²) in [6, 6.07) is 8.50. The van der Waals surface area contributed by atoms with Gasteiger partial charge in [-0.15, -0.1) is 0 Å². The average molecular weight is 392 g/mol. The molecule has 0 saturated heterocycles. The number of halogens is 3. The fourth-order valence-corrected chi connectivity index (χ4v) is 2.83. The Morgan fingerprint density at radius 2 is 1.52 bits per heavy atom. The molecule has 0 amide bonds. The van der Waals surface area contributed by atoms with Gasteiger partial charge in [-0.1, -0.05) is 39.1 Å². The van der Waals surface area contributed by atoms with Crippen molar-refractivity contribution in [2.24, 2.45) is 0 Å². The smallest absolute Gasteiger partial charge is 0.162 e. The molecule has 2 aromatic carbocycles. The Morgan fingerprint density at radius 3 is 2.14 bits per heavy atom. The quantitative estimate of drug-likeness (QED) is 0.809. The van der Waals surface area contributed by atoms with Gasteiger partial charge in [-0.05, 0) is 24.3 Å². The summed E-state index contributed by atoms with van der Waals surface area (Å²) >= 11 is 15.7. The van der Waals surface area contributed by atoms with E-state index in [0.717, 1.165) is 4.47 Å². The lowest BCUT2D eigenvalue weighted by Crippen LogP contribution is -2.03. The van der Waals surface area contributed by atoms with Crippen LogP contribution in [0.3, 0.4) is 0 Å². The Balaban J connectivity index is 2.52. The van der Waals surface area contributed by atoms with Crippen LogP contribution in [0.1, 0.15) is 17.2 Å². The highest BCUT2D eigenvalue weighted by Gasteiger charge is 2.20. The molecule has 2 aromatic rings. The van der Waals surface area contributed by atoms with E-state index in [1.54, 1.807) is 30.3 Å². The van der Waals surface area contributed by atoms with Crippen molar-refractivity contribution >= 4 is 39.1 Å². The Morgan fingerprint density at radius 1 is 0.952 bits per heavy atom. The molecule has 1 N–H and O–H groups in total. The zero-order valence-electron chi connectivity index (χ0n) is 11.4. The van der Waals surface area contributed by atoms with Gasteiger partial charge in [0.15, 0.2) is 11.5 Å². The van der Waals surface area contributed by atoms with E-state index in [1.165, 1.54) is 14.2 Å². The molecule has 112 valence electrons. The molecular formula is C15H13BrCl2O3. The molecule has 2 rings (SSSR count). The second-order valence-electron chi connectivity index (χ2n) is 4.30. The number of methoxy groups -OCH3 is 2. The van der Waals surface area contributed by atoms with Crippen LogP contribution >= 0.6 is 39.1 Å². The number of rotatable bonds is 4. The summed E-state index contributed by atoms with van der Waals surface area (Å²) in [4.78, 5) is 0. The molecule has 0 bridgehead atoms. The molecule has 21 heavy (non-hydrogen) atoms. The van der Waals surface area contributed by atoms with E-state index in [0.29, 0.717) is 32.7 Å². The summed E-state index contributed by atoms with van der Waals surface area (Å²) in [6.07, 6.45) is -0.970. The van der Waals surface area contributed by atoms with Crippen molar-refractivity contribution in [2.45, 2.75) is 6.10 Å². The normalized spacial score (nSPS) is 12.1. The van der Waals surface area contributed by atoms with Crippen molar-refractivity contribution in [1.82, 2.24) is 0 Å². The maximum Gasteiger partial charge on any atom is 0.162 e. The first-order valence-electron chi connectivity index (χ1n) is 6.02. The van der Waals surface area contributed by atoms with Gasteiger partial charge in [0, 0.05) is 26.7 Å². The van der Waals surface area contributed by atoms with Crippen LogP contribution < -0.4 is 9.47 Å². The number of hydrogen-bond donors (Lipinski definition) is 1. The van der Waals surface area contributed by atoms with Crippen molar-refractivity contribution in [3.8, 4) is 11.5 Å². The van der Waals surface area contributed by atoms with E-state index in [2.05, 4.69) is 15.9 Å². The van der Waals surface area contributed by atoms with Crippen LogP contribution in [-0.4, -0.2) is 19.3 Å². The van der Waals surface area contributed by atoms with Crippen LogP contribution in [0.25, 0.3) is 0 Å². The first-order chi connectivity index (χ1) is 9.97. The fraction of sp³-hybridized carbons (Fsp3) is 0.200. The molecule has 3 nitrogen and oxygen atoms in total. The monoisotopic (exact) mass is 390 g/mol. The van der Waals surface area contributed by atoms with Crippen LogP contribution in [-0.2, 0) is 0 Å². The van der Waals surface area contributed by atoms with Gasteiger partial charge < -0.3 is 14.6 Å². The third-order valence-electron chi connectivity index (χ3n) is 3.05. The molecule has 6 heteroatoms. The van der Waals surface area contributed by atoms with Gasteiger partial charge in [0.2, 0.25) is 0 Å². The Hall–Kier alpha value is -0.940. The minimum atomic E-state index is -0.970. The van der Waals surface area contributed by atoms with Gasteiger partial charge in [-0.25, -0.2) is 0 Å². The van der Waals surface area contributed by atoms with E-state index in [4.69, 9.17) is 32.7 Å². The zero-order chi connectivity index (χ0) is 15.6. The van der Waals surface area contributed by atoms with Crippen LogP contribution in [0.5, 0.6) is 11.5 Å². The SMILES string of the molecule is COc1cc(Cl)c(C(O)c2cc(Br)ccc2Cl)cc1OC. The van der Waals surface area contributed by atoms with Crippen LogP contribution in [0.4, 0.5) is 0 Å². The number of hydrogen-bond acceptors (Lipinski definition) is 3. The highest BCUT2D eigenvalue weighted by atomic mass is 79.9. The lowest BCUT2D eigenvalue weighted by Gasteiger charge is -2.17. The van der Waals surface area contributed by atoms with Gasteiger partial charge in [0.05, 0.1) is 19.2 Å². The molecular weight excluding hydrogens is 379 g/mol. The number of aliphatic hydroxyl groups is 1. The van der Waals surface area contributed by atoms with E-state index in [-0.39, 0.29) is 0 Å². The summed E-state index contributed by atoms with van der Waals surface area (Å²) in [7, 11) is 3.05. The molecule has 1 unspecified atom stereocenters. The van der Waals surface area contributed by atoms with E-state index in [9.17, 15) is 5.11 Å². The highest BCUT2D eigenvalue weighted by molar-refractivity contribution is 9.10. The van der Waals surface area contributed by atoms with Crippen LogP contribution in [0.15, 0.2) is 34.8 Å². The van der Waals surface area contributed by atoms with E-state index >= 15 is 0 Å². The van der Waals surface area contributed by atoms with Gasteiger partial charge >= 0.3 is 0 Å². The number of ether oxygens (including phenoxy) is 2. The lowest BCUT2D eigenvalue weighted by atomic mass is 10.0. The van der Waals surface area contributed by atoms with Crippen molar-refractivity contribution in [1.29, 1.82) is 0 Å². The van der Waals surface area contributed by atoms with Gasteiger partial charge in [-0.3, -0.25) is 0 Å². The standard InChI is InChI=1S/C15H13BrCl2O3/c1-20-13-6-10(12(18)7-14(13)21-2)15(19)9-5-8(16)3-4-11(9)17/h3-7,15,19H,1-2H3. The van der Waals surface area contributed by atoms with Crippen molar-refractivity contribution in [3.05, 3.63) is 56.0 Å². The molecule has 0 fully saturated rings. The maximum atomic E-state index is 10.6. The average Bonchev–Trinajstić information content (AvgIpc) is 2.48. The van der Waals surface area contributed by atoms with E-state index < -0.39 is 6.10 Å². The van der Waals surface area contributed by atoms with Gasteiger partial charge in [0.25, 0.3) is 0 Å². The molecule has 0 aliphatic rings. The Labute approximate surface area is 141 Å². The predicted octanol–water partition coefficient (Wildman–Crippen LogP) is 4.85. The molecule has 0 radical (unpaired) electrons. The van der Waals surface area contributed by atoms with Crippen LogP contribution in [0.2, 0.25) is 10.0 Å². The summed E-state index contributed by atoms with van der Waals surface area (Å²) in [6.45, 7) is 0. The highest BCUT2D eigenvalue weighted by Crippen LogP contribution is 2.39. The molecule has 0 saturated carbocycles. The largest absolute Gasteiger partial charge is 0.493 e. The third kappa shape index (κ3) is 3.46. The summed E-state index contributed by atoms with van der Waals surface area (Å²) in [5.41, 5.74) is 1.05. The topological polar surface area (TPSA) is 38.7 Å². The van der Waals surface area contributed by atoms with Crippen molar-refractivity contribution in [3.63, 3.8) is 0 Å². The lowest BCUT2D eigenvalue weighted by molar-refractivity contribution is 0.219. The minimum absolute atomic E-state index is 0.371. The summed E-state index contributed by atoms with van der Waals surface area (Å²) in [5, 5.41) is 11.4. The number of aliphatic hydroxyl groups excluding tert-OH is 1. The maximum absolute atomic E-state index is 10.6. The molecule has 0 aliphatic heterocycles. The zero-order valence-corrected chi connectivity index (χ0v) is 14.5. The summed E-state index contributed by atoms with van der Waals surface area (Å²) < 4.78 is 11.2. The Kier molecular flexibility index (Phi) is 5.38. The predicted molar refractivity (Wildman–Crippen MR) is 87.8 cm³/mol. The first-order valence-corrected chi connectivity index (χ1v) is 7.57. The third-order valence-corrected chi connectivity index (χ3v) is 4.21. The molecule has 0 heterocycles. The molecule has 0 aromatic heterocycles. The van der Waals surface area contributed by atoms with Crippen molar-refractivity contribution < 1.29 is 14.6 Å². The molecule has 0 spiro atoms. The van der Waals surface area contributed by atoms with Gasteiger partial charge in [0.1, 0.15) is 6.10 Å². The van der Waals surface area contributed by atoms with Crippen LogP contribution in [0, 0.1) is 0 Å². The molecule has 1 atom stereocenters. The second-order valence-corrected chi connectivity index (χ2v) is 6.03. The minimum Gasteiger partial charge on any atom is -0.493 e. The van der Waals surface area contributed by atoms with E-state index in [1.807, 2.05) is 0 Å². The van der Waals surface area contributed by atoms with Crippen molar-refractivity contribution in [2.75, 3.05) is 14.2 Å². The Bertz CT molecular complexity index is 662. The summed E-state index contributed by atoms with van der Waals surface area (Å²) in [5.74, 6) is 0.987. The fourth-order valence-electron chi connectivity index (χ4n) is 1.97.